The summed E-state index contributed by atoms with van der Waals surface area (Å²) in [7, 11) is 1.67. The Bertz CT molecular complexity index is 712. The van der Waals surface area contributed by atoms with Gasteiger partial charge in [0.2, 0.25) is 5.91 Å². The van der Waals surface area contributed by atoms with Crippen LogP contribution in [0.5, 0.6) is 0 Å². The SMILES string of the molecule is C=C(C)C(=O)NCC(C)OCC(C)OCC(C)OCC(C)OCC(C)OCC(C)OCC(C)OCC(C)OCC(C)OC. The number of amides is 1. The van der Waals surface area contributed by atoms with E-state index in [0.29, 0.717) is 65.0 Å². The third kappa shape index (κ3) is 24.8. The van der Waals surface area contributed by atoms with E-state index in [2.05, 4.69) is 11.9 Å². The third-order valence-corrected chi connectivity index (χ3v) is 6.26. The van der Waals surface area contributed by atoms with Crippen LogP contribution < -0.4 is 5.32 Å². The van der Waals surface area contributed by atoms with Crippen molar-refractivity contribution in [3.05, 3.63) is 12.2 Å². The molecule has 0 spiro atoms. The molecule has 0 fully saturated rings. The highest BCUT2D eigenvalue weighted by atomic mass is 16.6. The lowest BCUT2D eigenvalue weighted by Gasteiger charge is -2.23. The molecule has 0 aromatic carbocycles. The van der Waals surface area contributed by atoms with E-state index < -0.39 is 0 Å². The Morgan fingerprint density at radius 3 is 0.953 bits per heavy atom. The summed E-state index contributed by atoms with van der Waals surface area (Å²) < 4.78 is 51.9. The summed E-state index contributed by atoms with van der Waals surface area (Å²) in [4.78, 5) is 11.6. The minimum Gasteiger partial charge on any atom is -0.379 e. The van der Waals surface area contributed by atoms with E-state index in [4.69, 9.17) is 42.6 Å². The fourth-order valence-electron chi connectivity index (χ4n) is 3.25. The molecule has 11 nitrogen and oxygen atoms in total. The predicted octanol–water partition coefficient (Wildman–Crippen LogP) is 3.95. The molecular formula is C32H63NO10. The number of hydrogen-bond donors (Lipinski definition) is 1. The van der Waals surface area contributed by atoms with Crippen LogP contribution in [0.25, 0.3) is 0 Å². The molecule has 0 aliphatic rings. The Kier molecular flexibility index (Phi) is 24.4. The van der Waals surface area contributed by atoms with Gasteiger partial charge in [-0.1, -0.05) is 6.58 Å². The highest BCUT2D eigenvalue weighted by molar-refractivity contribution is 5.92. The summed E-state index contributed by atoms with van der Waals surface area (Å²) in [6, 6.07) is 0. The summed E-state index contributed by atoms with van der Waals surface area (Å²) in [6.07, 6.45) is -0.527. The molecule has 0 aliphatic heterocycles. The van der Waals surface area contributed by atoms with Crippen LogP contribution in [0.2, 0.25) is 0 Å². The van der Waals surface area contributed by atoms with Crippen LogP contribution in [0.1, 0.15) is 69.2 Å². The van der Waals surface area contributed by atoms with Crippen molar-refractivity contribution >= 4 is 5.91 Å². The second-order valence-corrected chi connectivity index (χ2v) is 11.7. The van der Waals surface area contributed by atoms with Gasteiger partial charge in [0.15, 0.2) is 0 Å². The quantitative estimate of drug-likeness (QED) is 0.129. The molecule has 0 rings (SSSR count). The molecule has 0 saturated heterocycles. The Hall–Kier alpha value is -1.15. The lowest BCUT2D eigenvalue weighted by Crippen LogP contribution is -2.34. The monoisotopic (exact) mass is 621 g/mol. The van der Waals surface area contributed by atoms with E-state index in [1.807, 2.05) is 62.3 Å². The molecule has 0 radical (unpaired) electrons. The summed E-state index contributed by atoms with van der Waals surface area (Å²) in [5.41, 5.74) is 0.477. The number of ether oxygens (including phenoxy) is 9. The second-order valence-electron chi connectivity index (χ2n) is 11.7. The van der Waals surface area contributed by atoms with E-state index in [1.54, 1.807) is 14.0 Å². The fourth-order valence-corrected chi connectivity index (χ4v) is 3.25. The summed E-state index contributed by atoms with van der Waals surface area (Å²) in [5.74, 6) is -0.167. The molecule has 0 saturated carbocycles. The maximum absolute atomic E-state index is 11.6. The Balaban J connectivity index is 3.92. The van der Waals surface area contributed by atoms with E-state index in [-0.39, 0.29) is 60.8 Å². The van der Waals surface area contributed by atoms with Crippen molar-refractivity contribution in [3.63, 3.8) is 0 Å². The maximum atomic E-state index is 11.6. The maximum Gasteiger partial charge on any atom is 0.246 e. The van der Waals surface area contributed by atoms with Crippen molar-refractivity contribution in [1.82, 2.24) is 5.32 Å². The molecular weight excluding hydrogens is 558 g/mol. The molecule has 0 aromatic rings. The first-order chi connectivity index (χ1) is 20.2. The van der Waals surface area contributed by atoms with Gasteiger partial charge in [0.05, 0.1) is 108 Å². The van der Waals surface area contributed by atoms with Crippen LogP contribution in [0, 0.1) is 0 Å². The van der Waals surface area contributed by atoms with Crippen molar-refractivity contribution in [2.75, 3.05) is 66.5 Å². The van der Waals surface area contributed by atoms with Crippen LogP contribution in [0.15, 0.2) is 12.2 Å². The second kappa shape index (κ2) is 25.1. The Morgan fingerprint density at radius 2 is 0.721 bits per heavy atom. The van der Waals surface area contributed by atoms with Crippen LogP contribution in [0.3, 0.4) is 0 Å². The zero-order chi connectivity index (χ0) is 32.8. The van der Waals surface area contributed by atoms with E-state index in [0.717, 1.165) is 0 Å². The topological polar surface area (TPSA) is 112 Å². The Labute approximate surface area is 261 Å². The molecule has 9 atom stereocenters. The summed E-state index contributed by atoms with van der Waals surface area (Å²) in [5, 5.41) is 2.77. The summed E-state index contributed by atoms with van der Waals surface area (Å²) >= 11 is 0. The van der Waals surface area contributed by atoms with Crippen molar-refractivity contribution in [2.45, 2.75) is 124 Å². The fraction of sp³-hybridized carbons (Fsp3) is 0.906. The lowest BCUT2D eigenvalue weighted by atomic mass is 10.3. The standard InChI is InChI=1S/C32H63NO10/c1-22(2)32(34)33-13-23(3)36-15-25(5)38-17-27(7)40-19-29(9)42-21-31(11)43-20-30(10)41-18-28(8)39-16-26(6)37-14-24(4)35-12/h23-31H,1,13-21H2,2-12H3,(H,33,34). The molecule has 1 N–H and O–H groups in total. The number of nitrogens with one attached hydrogen (secondary N) is 1. The van der Waals surface area contributed by atoms with Gasteiger partial charge in [-0.3, -0.25) is 4.79 Å². The minimum atomic E-state index is -0.167. The smallest absolute Gasteiger partial charge is 0.246 e. The molecule has 1 amide bonds. The molecule has 0 heterocycles. The van der Waals surface area contributed by atoms with Gasteiger partial charge in [-0.25, -0.2) is 0 Å². The molecule has 9 unspecified atom stereocenters. The van der Waals surface area contributed by atoms with Crippen molar-refractivity contribution in [2.24, 2.45) is 0 Å². The largest absolute Gasteiger partial charge is 0.379 e. The highest BCUT2D eigenvalue weighted by Crippen LogP contribution is 2.06. The molecule has 256 valence electrons. The minimum absolute atomic E-state index is 0.00966. The van der Waals surface area contributed by atoms with E-state index in [1.165, 1.54) is 0 Å². The third-order valence-electron chi connectivity index (χ3n) is 6.26. The van der Waals surface area contributed by atoms with Gasteiger partial charge in [-0.05, 0) is 69.2 Å². The van der Waals surface area contributed by atoms with Gasteiger partial charge >= 0.3 is 0 Å². The number of carbonyl (C=O) groups excluding carboxylic acids is 1. The summed E-state index contributed by atoms with van der Waals surface area (Å²) in [6.45, 7) is 27.2. The number of carbonyl (C=O) groups is 1. The van der Waals surface area contributed by atoms with Gasteiger partial charge < -0.3 is 47.9 Å². The van der Waals surface area contributed by atoms with Crippen LogP contribution in [0.4, 0.5) is 0 Å². The van der Waals surface area contributed by atoms with Gasteiger partial charge in [0.25, 0.3) is 0 Å². The first-order valence-corrected chi connectivity index (χ1v) is 15.6. The average molecular weight is 622 g/mol. The van der Waals surface area contributed by atoms with Crippen molar-refractivity contribution < 1.29 is 47.4 Å². The van der Waals surface area contributed by atoms with Crippen LogP contribution in [-0.4, -0.2) is 127 Å². The normalized spacial score (nSPS) is 18.2. The van der Waals surface area contributed by atoms with Gasteiger partial charge in [-0.15, -0.1) is 0 Å². The van der Waals surface area contributed by atoms with Gasteiger partial charge in [0.1, 0.15) is 0 Å². The van der Waals surface area contributed by atoms with Crippen LogP contribution in [-0.2, 0) is 47.4 Å². The first kappa shape index (κ1) is 41.9. The van der Waals surface area contributed by atoms with Gasteiger partial charge in [0, 0.05) is 19.2 Å². The highest BCUT2D eigenvalue weighted by Gasteiger charge is 2.15. The van der Waals surface area contributed by atoms with Gasteiger partial charge in [-0.2, -0.15) is 0 Å². The van der Waals surface area contributed by atoms with Crippen LogP contribution >= 0.6 is 0 Å². The number of hydrogen-bond acceptors (Lipinski definition) is 10. The Morgan fingerprint density at radius 1 is 0.488 bits per heavy atom. The molecule has 0 bridgehead atoms. The molecule has 11 heteroatoms. The number of rotatable bonds is 28. The van der Waals surface area contributed by atoms with E-state index >= 15 is 0 Å². The van der Waals surface area contributed by atoms with Crippen molar-refractivity contribution in [1.29, 1.82) is 0 Å². The first-order valence-electron chi connectivity index (χ1n) is 15.6. The van der Waals surface area contributed by atoms with E-state index in [9.17, 15) is 4.79 Å². The lowest BCUT2D eigenvalue weighted by molar-refractivity contribution is -0.118. The molecule has 0 aromatic heterocycles. The zero-order valence-electron chi connectivity index (χ0n) is 28.8. The zero-order valence-corrected chi connectivity index (χ0v) is 28.8. The number of methoxy groups -OCH3 is 1. The average Bonchev–Trinajstić information content (AvgIpc) is 2.98. The molecule has 0 aliphatic carbocycles. The predicted molar refractivity (Wildman–Crippen MR) is 168 cm³/mol. The van der Waals surface area contributed by atoms with Crippen molar-refractivity contribution in [3.8, 4) is 0 Å². The molecule has 43 heavy (non-hydrogen) atoms.